The predicted octanol–water partition coefficient (Wildman–Crippen LogP) is 2.69. The molecule has 0 atom stereocenters. The van der Waals surface area contributed by atoms with E-state index in [9.17, 15) is 9.59 Å². The number of aliphatic carboxylic acids is 1. The maximum atomic E-state index is 12.0. The van der Waals surface area contributed by atoms with Crippen molar-refractivity contribution in [2.24, 2.45) is 0 Å². The molecule has 3 N–H and O–H groups in total. The Balaban J connectivity index is 2.35. The van der Waals surface area contributed by atoms with Crippen LogP contribution in [0.2, 0.25) is 0 Å². The number of nitrogens with zero attached hydrogens (tertiary/aromatic N) is 2. The van der Waals surface area contributed by atoms with Crippen LogP contribution in [0.15, 0.2) is 42.5 Å². The molecule has 2 amide bonds. The summed E-state index contributed by atoms with van der Waals surface area (Å²) in [7, 11) is 7.77. The summed E-state index contributed by atoms with van der Waals surface area (Å²) < 4.78 is 0. The standard InChI is InChI=1S/C19H24N4O3/c1-22(2)14-7-5-13(6-8-14)16-10-9-15(23(3)4)11-17(16)21-19(26)20-12-18(24)25/h5-11H,12H2,1-4H3,(H,24,25)(H2,20,21,26). The summed E-state index contributed by atoms with van der Waals surface area (Å²) in [6, 6.07) is 13.2. The van der Waals surface area contributed by atoms with Gasteiger partial charge in [0.05, 0.1) is 5.69 Å². The molecule has 7 nitrogen and oxygen atoms in total. The van der Waals surface area contributed by atoms with Crippen LogP contribution in [0.25, 0.3) is 11.1 Å². The van der Waals surface area contributed by atoms with Crippen molar-refractivity contribution in [3.63, 3.8) is 0 Å². The summed E-state index contributed by atoms with van der Waals surface area (Å²) in [5, 5.41) is 13.8. The highest BCUT2D eigenvalue weighted by molar-refractivity contribution is 5.96. The van der Waals surface area contributed by atoms with Gasteiger partial charge >= 0.3 is 12.0 Å². The van der Waals surface area contributed by atoms with Crippen molar-refractivity contribution in [1.29, 1.82) is 0 Å². The number of benzene rings is 2. The molecule has 0 aromatic heterocycles. The number of hydrogen-bond acceptors (Lipinski definition) is 4. The lowest BCUT2D eigenvalue weighted by atomic mass is 10.0. The molecule has 0 spiro atoms. The molecular formula is C19H24N4O3. The van der Waals surface area contributed by atoms with Crippen LogP contribution in [-0.4, -0.2) is 51.8 Å². The molecular weight excluding hydrogens is 332 g/mol. The number of urea groups is 1. The first-order chi connectivity index (χ1) is 12.3. The number of carbonyl (C=O) groups is 2. The van der Waals surface area contributed by atoms with Crippen molar-refractivity contribution in [2.75, 3.05) is 49.9 Å². The first-order valence-electron chi connectivity index (χ1n) is 8.13. The highest BCUT2D eigenvalue weighted by Crippen LogP contribution is 2.32. The molecule has 7 heteroatoms. The number of nitrogens with one attached hydrogen (secondary N) is 2. The Kier molecular flexibility index (Phi) is 6.06. The molecule has 2 aromatic carbocycles. The second-order valence-corrected chi connectivity index (χ2v) is 6.27. The minimum absolute atomic E-state index is 0.438. The zero-order valence-electron chi connectivity index (χ0n) is 15.4. The predicted molar refractivity (Wildman–Crippen MR) is 105 cm³/mol. The van der Waals surface area contributed by atoms with Crippen LogP contribution in [0.3, 0.4) is 0 Å². The third-order valence-corrected chi connectivity index (χ3v) is 3.86. The monoisotopic (exact) mass is 356 g/mol. The average molecular weight is 356 g/mol. The molecule has 0 saturated heterocycles. The maximum Gasteiger partial charge on any atom is 0.323 e. The number of carbonyl (C=O) groups excluding carboxylic acids is 1. The molecule has 0 bridgehead atoms. The van der Waals surface area contributed by atoms with Gasteiger partial charge in [-0.05, 0) is 29.8 Å². The summed E-state index contributed by atoms with van der Waals surface area (Å²) in [5.41, 5.74) is 4.41. The summed E-state index contributed by atoms with van der Waals surface area (Å²) >= 11 is 0. The second-order valence-electron chi connectivity index (χ2n) is 6.27. The van der Waals surface area contributed by atoms with E-state index in [1.807, 2.05) is 80.5 Å². The maximum absolute atomic E-state index is 12.0. The molecule has 2 aromatic rings. The van der Waals surface area contributed by atoms with E-state index in [0.717, 1.165) is 22.5 Å². The summed E-state index contributed by atoms with van der Waals surface area (Å²) in [4.78, 5) is 26.6. The van der Waals surface area contributed by atoms with Crippen LogP contribution in [-0.2, 0) is 4.79 Å². The van der Waals surface area contributed by atoms with E-state index in [-0.39, 0.29) is 0 Å². The first-order valence-corrected chi connectivity index (χ1v) is 8.13. The molecule has 0 unspecified atom stereocenters. The number of carboxylic acids is 1. The molecule has 0 fully saturated rings. The molecule has 138 valence electrons. The Morgan fingerprint density at radius 1 is 0.923 bits per heavy atom. The van der Waals surface area contributed by atoms with Crippen molar-refractivity contribution in [2.45, 2.75) is 0 Å². The summed E-state index contributed by atoms with van der Waals surface area (Å²) in [6.45, 7) is -0.438. The smallest absolute Gasteiger partial charge is 0.323 e. The van der Waals surface area contributed by atoms with Crippen LogP contribution in [0, 0.1) is 0 Å². The van der Waals surface area contributed by atoms with E-state index in [4.69, 9.17) is 5.11 Å². The van der Waals surface area contributed by atoms with Gasteiger partial charge in [0, 0.05) is 45.1 Å². The fourth-order valence-corrected chi connectivity index (χ4v) is 2.43. The third kappa shape index (κ3) is 4.89. The molecule has 26 heavy (non-hydrogen) atoms. The number of anilines is 3. The van der Waals surface area contributed by atoms with Crippen molar-refractivity contribution in [1.82, 2.24) is 5.32 Å². The molecule has 0 saturated carbocycles. The van der Waals surface area contributed by atoms with Crippen molar-refractivity contribution in [3.05, 3.63) is 42.5 Å². The summed E-state index contributed by atoms with van der Waals surface area (Å²) in [6.07, 6.45) is 0. The van der Waals surface area contributed by atoms with Crippen LogP contribution in [0.4, 0.5) is 21.9 Å². The minimum atomic E-state index is -1.10. The van der Waals surface area contributed by atoms with Gasteiger partial charge in [0.15, 0.2) is 0 Å². The van der Waals surface area contributed by atoms with E-state index in [2.05, 4.69) is 10.6 Å². The molecule has 0 aliphatic carbocycles. The fourth-order valence-electron chi connectivity index (χ4n) is 2.43. The molecule has 0 aliphatic rings. The van der Waals surface area contributed by atoms with Gasteiger partial charge in [-0.2, -0.15) is 0 Å². The molecule has 0 radical (unpaired) electrons. The van der Waals surface area contributed by atoms with E-state index >= 15 is 0 Å². The van der Waals surface area contributed by atoms with Crippen LogP contribution in [0.5, 0.6) is 0 Å². The van der Waals surface area contributed by atoms with Gasteiger partial charge in [-0.15, -0.1) is 0 Å². The molecule has 0 heterocycles. The van der Waals surface area contributed by atoms with Gasteiger partial charge in [0.1, 0.15) is 6.54 Å². The van der Waals surface area contributed by atoms with E-state index in [1.54, 1.807) is 0 Å². The van der Waals surface area contributed by atoms with Gasteiger partial charge in [0.2, 0.25) is 0 Å². The fraction of sp³-hybridized carbons (Fsp3) is 0.263. The lowest BCUT2D eigenvalue weighted by Gasteiger charge is -2.18. The SMILES string of the molecule is CN(C)c1ccc(-c2ccc(N(C)C)cc2NC(=O)NCC(=O)O)cc1. The zero-order valence-corrected chi connectivity index (χ0v) is 15.4. The number of carboxylic acid groups (broad SMARTS) is 1. The van der Waals surface area contributed by atoms with E-state index in [0.29, 0.717) is 5.69 Å². The third-order valence-electron chi connectivity index (χ3n) is 3.86. The number of hydrogen-bond donors (Lipinski definition) is 3. The Hall–Kier alpha value is -3.22. The van der Waals surface area contributed by atoms with Crippen LogP contribution >= 0.6 is 0 Å². The highest BCUT2D eigenvalue weighted by Gasteiger charge is 2.12. The number of amides is 2. The van der Waals surface area contributed by atoms with Gasteiger partial charge in [-0.1, -0.05) is 18.2 Å². The highest BCUT2D eigenvalue weighted by atomic mass is 16.4. The first kappa shape index (κ1) is 19.1. The molecule has 2 rings (SSSR count). The zero-order chi connectivity index (χ0) is 19.3. The quantitative estimate of drug-likeness (QED) is 0.741. The normalized spacial score (nSPS) is 10.2. The van der Waals surface area contributed by atoms with Gasteiger partial charge in [-0.25, -0.2) is 4.79 Å². The van der Waals surface area contributed by atoms with Crippen LogP contribution in [0.1, 0.15) is 0 Å². The lowest BCUT2D eigenvalue weighted by molar-refractivity contribution is -0.135. The average Bonchev–Trinajstić information content (AvgIpc) is 2.60. The molecule has 0 aliphatic heterocycles. The second kappa shape index (κ2) is 8.24. The van der Waals surface area contributed by atoms with E-state index in [1.165, 1.54) is 0 Å². The van der Waals surface area contributed by atoms with Gasteiger partial charge in [0.25, 0.3) is 0 Å². The topological polar surface area (TPSA) is 84.9 Å². The van der Waals surface area contributed by atoms with Crippen molar-refractivity contribution >= 4 is 29.1 Å². The summed E-state index contributed by atoms with van der Waals surface area (Å²) in [5.74, 6) is -1.10. The Labute approximate surface area is 153 Å². The minimum Gasteiger partial charge on any atom is -0.480 e. The van der Waals surface area contributed by atoms with Crippen molar-refractivity contribution in [3.8, 4) is 11.1 Å². The Morgan fingerprint density at radius 2 is 1.50 bits per heavy atom. The van der Waals surface area contributed by atoms with Crippen molar-refractivity contribution < 1.29 is 14.7 Å². The van der Waals surface area contributed by atoms with Gasteiger partial charge in [-0.3, -0.25) is 4.79 Å². The lowest BCUT2D eigenvalue weighted by Crippen LogP contribution is -2.33. The van der Waals surface area contributed by atoms with Crippen LogP contribution < -0.4 is 20.4 Å². The Morgan fingerprint density at radius 3 is 2.04 bits per heavy atom. The number of rotatable bonds is 6. The Bertz CT molecular complexity index is 786. The van der Waals surface area contributed by atoms with Gasteiger partial charge < -0.3 is 25.5 Å². The largest absolute Gasteiger partial charge is 0.480 e. The van der Waals surface area contributed by atoms with E-state index < -0.39 is 18.5 Å².